The third kappa shape index (κ3) is 4.77. The van der Waals surface area contributed by atoms with Crippen LogP contribution in [-0.4, -0.2) is 67.5 Å². The van der Waals surface area contributed by atoms with E-state index in [0.717, 1.165) is 38.4 Å². The predicted octanol–water partition coefficient (Wildman–Crippen LogP) is 2.10. The van der Waals surface area contributed by atoms with Crippen molar-refractivity contribution in [3.8, 4) is 22.8 Å². The van der Waals surface area contributed by atoms with Crippen molar-refractivity contribution in [3.05, 3.63) is 47.0 Å². The first kappa shape index (κ1) is 23.7. The van der Waals surface area contributed by atoms with Crippen LogP contribution in [0.5, 0.6) is 11.5 Å². The molecule has 5 N–H and O–H groups in total. The fraction of sp³-hybridized carbons (Fsp3) is 0.360. The first-order valence-corrected chi connectivity index (χ1v) is 11.2. The Kier molecular flexibility index (Phi) is 7.16. The molecule has 0 atom stereocenters. The molecule has 9 nitrogen and oxygen atoms in total. The molecule has 1 amide bonds. The number of hydrogen-bond donors (Lipinski definition) is 3. The zero-order valence-corrected chi connectivity index (χ0v) is 19.5. The van der Waals surface area contributed by atoms with Crippen molar-refractivity contribution in [1.82, 2.24) is 9.88 Å². The number of amides is 1. The normalized spacial score (nSPS) is 14.3. The third-order valence-electron chi connectivity index (χ3n) is 6.19. The van der Waals surface area contributed by atoms with Crippen LogP contribution in [0.3, 0.4) is 0 Å². The number of fused-ring (bicyclic) bond motifs is 1. The molecule has 1 aromatic heterocycles. The molecule has 0 aliphatic carbocycles. The van der Waals surface area contributed by atoms with Crippen LogP contribution in [0.2, 0.25) is 0 Å². The van der Waals surface area contributed by atoms with Gasteiger partial charge in [-0.3, -0.25) is 9.69 Å². The smallest absolute Gasteiger partial charge is 0.250 e. The Labute approximate surface area is 198 Å². The molecule has 1 fully saturated rings. The molecule has 9 heteroatoms. The number of rotatable bonds is 8. The maximum Gasteiger partial charge on any atom is 0.250 e. The maximum absolute atomic E-state index is 12.4. The van der Waals surface area contributed by atoms with E-state index in [9.17, 15) is 9.90 Å². The molecule has 180 valence electrons. The molecule has 4 rings (SSSR count). The monoisotopic (exact) mass is 466 g/mol. The van der Waals surface area contributed by atoms with Crippen molar-refractivity contribution in [2.45, 2.75) is 13.5 Å². The lowest BCUT2D eigenvalue weighted by atomic mass is 9.94. The SMILES string of the molecule is COc1cc2nc(-c3ccc(N)c(C)c3CO)c(C(N)=O)cc2cc1OCCN1CCOCC1. The van der Waals surface area contributed by atoms with Gasteiger partial charge in [-0.1, -0.05) is 6.07 Å². The summed E-state index contributed by atoms with van der Waals surface area (Å²) in [5.41, 5.74) is 15.5. The number of hydrogen-bond acceptors (Lipinski definition) is 8. The highest BCUT2D eigenvalue weighted by Gasteiger charge is 2.20. The van der Waals surface area contributed by atoms with Crippen LogP contribution in [0.4, 0.5) is 5.69 Å². The van der Waals surface area contributed by atoms with Gasteiger partial charge in [0, 0.05) is 42.3 Å². The minimum atomic E-state index is -0.617. The summed E-state index contributed by atoms with van der Waals surface area (Å²) in [6.45, 7) is 6.06. The molecule has 2 heterocycles. The molecule has 3 aromatic rings. The van der Waals surface area contributed by atoms with Crippen molar-refractivity contribution in [1.29, 1.82) is 0 Å². The lowest BCUT2D eigenvalue weighted by Gasteiger charge is -2.26. The Morgan fingerprint density at radius 3 is 2.65 bits per heavy atom. The van der Waals surface area contributed by atoms with Gasteiger partial charge >= 0.3 is 0 Å². The topological polar surface area (TPSA) is 133 Å². The summed E-state index contributed by atoms with van der Waals surface area (Å²) in [7, 11) is 1.57. The second kappa shape index (κ2) is 10.3. The highest BCUT2D eigenvalue weighted by Crippen LogP contribution is 2.36. The van der Waals surface area contributed by atoms with Crippen molar-refractivity contribution in [2.24, 2.45) is 5.73 Å². The highest BCUT2D eigenvalue weighted by molar-refractivity contribution is 6.03. The number of benzene rings is 2. The van der Waals surface area contributed by atoms with Crippen molar-refractivity contribution in [3.63, 3.8) is 0 Å². The number of methoxy groups -OCH3 is 1. The van der Waals surface area contributed by atoms with E-state index in [0.29, 0.717) is 51.5 Å². The number of aliphatic hydroxyl groups excluding tert-OH is 1. The number of carbonyl (C=O) groups is 1. The average Bonchev–Trinajstić information content (AvgIpc) is 2.85. The Morgan fingerprint density at radius 1 is 1.21 bits per heavy atom. The van der Waals surface area contributed by atoms with E-state index in [1.54, 1.807) is 37.4 Å². The van der Waals surface area contributed by atoms with E-state index in [1.165, 1.54) is 0 Å². The maximum atomic E-state index is 12.4. The van der Waals surface area contributed by atoms with Gasteiger partial charge in [0.1, 0.15) is 6.61 Å². The predicted molar refractivity (Wildman–Crippen MR) is 130 cm³/mol. The number of nitrogen functional groups attached to an aromatic ring is 1. The number of aromatic nitrogens is 1. The van der Waals surface area contributed by atoms with Gasteiger partial charge < -0.3 is 30.8 Å². The number of carbonyl (C=O) groups excluding carboxylic acids is 1. The van der Waals surface area contributed by atoms with Crippen LogP contribution >= 0.6 is 0 Å². The number of aliphatic hydroxyl groups is 1. The standard InChI is InChI=1S/C25H30N4O5/c1-15-19(14-30)17(3-4-20(15)26)24-18(25(27)31)11-16-12-23(22(32-2)13-21(16)28-24)34-10-7-29-5-8-33-9-6-29/h3-4,11-13,30H,5-10,14,26H2,1-2H3,(H2,27,31). The largest absolute Gasteiger partial charge is 0.493 e. The van der Waals surface area contributed by atoms with Gasteiger partial charge in [0.15, 0.2) is 11.5 Å². The lowest BCUT2D eigenvalue weighted by molar-refractivity contribution is 0.0321. The molecule has 0 radical (unpaired) electrons. The Balaban J connectivity index is 1.73. The van der Waals surface area contributed by atoms with Crippen molar-refractivity contribution >= 4 is 22.5 Å². The molecule has 0 saturated carbocycles. The second-order valence-electron chi connectivity index (χ2n) is 8.21. The summed E-state index contributed by atoms with van der Waals surface area (Å²) >= 11 is 0. The molecule has 0 unspecified atom stereocenters. The summed E-state index contributed by atoms with van der Waals surface area (Å²) in [6.07, 6.45) is 0. The first-order valence-electron chi connectivity index (χ1n) is 11.2. The third-order valence-corrected chi connectivity index (χ3v) is 6.19. The van der Waals surface area contributed by atoms with Crippen LogP contribution in [0.1, 0.15) is 21.5 Å². The molecule has 1 aliphatic heterocycles. The van der Waals surface area contributed by atoms with Gasteiger partial charge in [0.25, 0.3) is 5.91 Å². The minimum absolute atomic E-state index is 0.246. The van der Waals surface area contributed by atoms with Crippen LogP contribution in [-0.2, 0) is 11.3 Å². The first-order chi connectivity index (χ1) is 16.4. The second-order valence-corrected chi connectivity index (χ2v) is 8.21. The number of anilines is 1. The minimum Gasteiger partial charge on any atom is -0.493 e. The fourth-order valence-electron chi connectivity index (χ4n) is 4.16. The molecule has 34 heavy (non-hydrogen) atoms. The number of ether oxygens (including phenoxy) is 3. The van der Waals surface area contributed by atoms with Crippen molar-refractivity contribution in [2.75, 3.05) is 52.3 Å². The van der Waals surface area contributed by atoms with E-state index < -0.39 is 5.91 Å². The van der Waals surface area contributed by atoms with Crippen LogP contribution in [0.15, 0.2) is 30.3 Å². The zero-order valence-electron chi connectivity index (χ0n) is 19.5. The molecule has 1 saturated heterocycles. The molecular formula is C25H30N4O5. The van der Waals surface area contributed by atoms with Crippen molar-refractivity contribution < 1.29 is 24.1 Å². The Hall–Kier alpha value is -3.40. The van der Waals surface area contributed by atoms with E-state index in [4.69, 9.17) is 30.7 Å². The number of nitrogens with two attached hydrogens (primary N) is 2. The summed E-state index contributed by atoms with van der Waals surface area (Å²) < 4.78 is 17.0. The van der Waals surface area contributed by atoms with Gasteiger partial charge in [-0.2, -0.15) is 0 Å². The number of primary amides is 1. The Bertz CT molecular complexity index is 1210. The molecule has 2 aromatic carbocycles. The van der Waals surface area contributed by atoms with Gasteiger partial charge in [0.2, 0.25) is 0 Å². The zero-order chi connectivity index (χ0) is 24.2. The Morgan fingerprint density at radius 2 is 1.97 bits per heavy atom. The summed E-state index contributed by atoms with van der Waals surface area (Å²) in [5, 5.41) is 10.7. The van der Waals surface area contributed by atoms with E-state index in [1.807, 2.05) is 6.92 Å². The number of nitrogens with zero attached hydrogens (tertiary/aromatic N) is 2. The van der Waals surface area contributed by atoms with Crippen LogP contribution in [0.25, 0.3) is 22.2 Å². The fourth-order valence-corrected chi connectivity index (χ4v) is 4.16. The van der Waals surface area contributed by atoms with Gasteiger partial charge in [-0.25, -0.2) is 4.98 Å². The summed E-state index contributed by atoms with van der Waals surface area (Å²) in [5.74, 6) is 0.483. The quantitative estimate of drug-likeness (QED) is 0.430. The molecule has 0 bridgehead atoms. The van der Waals surface area contributed by atoms with Gasteiger partial charge in [-0.15, -0.1) is 0 Å². The number of morpholine rings is 1. The van der Waals surface area contributed by atoms with Gasteiger partial charge in [0.05, 0.1) is 43.7 Å². The van der Waals surface area contributed by atoms with Crippen LogP contribution in [0, 0.1) is 6.92 Å². The summed E-state index contributed by atoms with van der Waals surface area (Å²) in [4.78, 5) is 19.4. The lowest BCUT2D eigenvalue weighted by Crippen LogP contribution is -2.38. The molecule has 0 spiro atoms. The van der Waals surface area contributed by atoms with Crippen LogP contribution < -0.4 is 20.9 Å². The highest BCUT2D eigenvalue weighted by atomic mass is 16.5. The number of pyridine rings is 1. The van der Waals surface area contributed by atoms with E-state index in [2.05, 4.69) is 4.90 Å². The average molecular weight is 467 g/mol. The molecular weight excluding hydrogens is 436 g/mol. The summed E-state index contributed by atoms with van der Waals surface area (Å²) in [6, 6.07) is 8.75. The van der Waals surface area contributed by atoms with Gasteiger partial charge in [-0.05, 0) is 36.2 Å². The van der Waals surface area contributed by atoms with E-state index in [-0.39, 0.29) is 12.2 Å². The van der Waals surface area contributed by atoms with E-state index >= 15 is 0 Å². The molecule has 1 aliphatic rings.